The summed E-state index contributed by atoms with van der Waals surface area (Å²) in [4.78, 5) is 11.7. The van der Waals surface area contributed by atoms with E-state index in [-0.39, 0.29) is 5.83 Å². The van der Waals surface area contributed by atoms with E-state index >= 15 is 0 Å². The fourth-order valence-corrected chi connectivity index (χ4v) is 5.15. The number of aliphatic imine (C=N–C) groups is 1. The second-order valence-corrected chi connectivity index (χ2v) is 10.7. The third-order valence-electron chi connectivity index (χ3n) is 7.38. The van der Waals surface area contributed by atoms with E-state index in [4.69, 9.17) is 21.6 Å². The fourth-order valence-electron chi connectivity index (χ4n) is 4.92. The lowest BCUT2D eigenvalue weighted by Crippen LogP contribution is -2.25. The van der Waals surface area contributed by atoms with E-state index < -0.39 is 0 Å². The van der Waals surface area contributed by atoms with Gasteiger partial charge in [-0.15, -0.1) is 0 Å². The van der Waals surface area contributed by atoms with Gasteiger partial charge in [0, 0.05) is 23.5 Å². The van der Waals surface area contributed by atoms with Crippen molar-refractivity contribution in [2.45, 2.75) is 73.1 Å². The molecule has 0 amide bonds. The summed E-state index contributed by atoms with van der Waals surface area (Å²) in [5, 5.41) is 0.567. The molecule has 0 aromatic carbocycles. The van der Waals surface area contributed by atoms with Crippen LogP contribution in [-0.2, 0) is 0 Å². The summed E-state index contributed by atoms with van der Waals surface area (Å²) in [5.41, 5.74) is 8.32. The molecule has 206 valence electrons. The summed E-state index contributed by atoms with van der Waals surface area (Å²) < 4.78 is 14.5. The molecular formula is C34H41ClFN3. The highest BCUT2D eigenvalue weighted by molar-refractivity contribution is 6.33. The van der Waals surface area contributed by atoms with E-state index in [1.54, 1.807) is 0 Å². The topological polar surface area (TPSA) is 28.5 Å². The molecule has 1 fully saturated rings. The molecule has 0 saturated heterocycles. The zero-order chi connectivity index (χ0) is 28.7. The molecule has 0 N–H and O–H groups in total. The standard InChI is InChI=1S/C34H41ClFN3/c1-9-13-31(38-26(7)28-14-11-12-15-28)32-20-33(24(5)21-37-32)39-25(6)19-29(34(35)27(39)8)17-16-23(4)30(36)18-22(3)10-2/h9-10,13,18-21,28H,4,7-8,11-12,14-17H2,1-3,5-6H3/b13-9-,22-10-,30-18+,38-31?. The average molecular weight is 546 g/mol. The molecule has 2 heterocycles. The molecule has 1 saturated carbocycles. The molecule has 5 heteroatoms. The first-order valence-electron chi connectivity index (χ1n) is 13.7. The quantitative estimate of drug-likeness (QED) is 0.216. The molecule has 0 bridgehead atoms. The third kappa shape index (κ3) is 7.45. The van der Waals surface area contributed by atoms with Gasteiger partial charge < -0.3 is 4.90 Å². The van der Waals surface area contributed by atoms with E-state index in [2.05, 4.69) is 24.6 Å². The predicted molar refractivity (Wildman–Crippen MR) is 167 cm³/mol. The number of hydrogen-bond acceptors (Lipinski definition) is 3. The number of pyridine rings is 1. The van der Waals surface area contributed by atoms with Gasteiger partial charge in [0.25, 0.3) is 0 Å². The van der Waals surface area contributed by atoms with E-state index in [1.807, 2.05) is 71.2 Å². The first kappa shape index (κ1) is 30.3. The minimum absolute atomic E-state index is 0.298. The van der Waals surface area contributed by atoms with Gasteiger partial charge in [-0.2, -0.15) is 0 Å². The number of anilines is 1. The summed E-state index contributed by atoms with van der Waals surface area (Å²) >= 11 is 6.84. The third-order valence-corrected chi connectivity index (χ3v) is 7.84. The Morgan fingerprint density at radius 1 is 1.23 bits per heavy atom. The Morgan fingerprint density at radius 3 is 2.56 bits per heavy atom. The minimum Gasteiger partial charge on any atom is -0.313 e. The largest absolute Gasteiger partial charge is 0.313 e. The summed E-state index contributed by atoms with van der Waals surface area (Å²) in [6, 6.07) is 2.04. The van der Waals surface area contributed by atoms with Crippen LogP contribution in [0.4, 0.5) is 10.1 Å². The van der Waals surface area contributed by atoms with Gasteiger partial charge >= 0.3 is 0 Å². The highest BCUT2D eigenvalue weighted by Gasteiger charge is 2.25. The van der Waals surface area contributed by atoms with Crippen molar-refractivity contribution in [2.24, 2.45) is 10.9 Å². The SMILES string of the molecule is C=C(CCC1=C(Cl)C(=C)N(c2cc(C(/C=C\C)=NC(=C)C3CCCC3)ncc2C)C(C)=C1)/C(F)=C\C(C)=C/C. The minimum atomic E-state index is -0.298. The first-order valence-corrected chi connectivity index (χ1v) is 14.1. The van der Waals surface area contributed by atoms with Crippen LogP contribution >= 0.6 is 11.6 Å². The number of aromatic nitrogens is 1. The van der Waals surface area contributed by atoms with Gasteiger partial charge in [-0.25, -0.2) is 4.39 Å². The highest BCUT2D eigenvalue weighted by atomic mass is 35.5. The Morgan fingerprint density at radius 2 is 1.92 bits per heavy atom. The molecule has 1 aromatic rings. The Balaban J connectivity index is 1.87. The molecular weight excluding hydrogens is 505 g/mol. The van der Waals surface area contributed by atoms with Crippen molar-refractivity contribution in [3.8, 4) is 0 Å². The van der Waals surface area contributed by atoms with Gasteiger partial charge in [0.1, 0.15) is 5.83 Å². The van der Waals surface area contributed by atoms with Crippen molar-refractivity contribution in [2.75, 3.05) is 4.90 Å². The second-order valence-electron chi connectivity index (χ2n) is 10.4. The van der Waals surface area contributed by atoms with Crippen LogP contribution < -0.4 is 4.90 Å². The monoisotopic (exact) mass is 545 g/mol. The number of hydrogen-bond donors (Lipinski definition) is 0. The van der Waals surface area contributed by atoms with Crippen molar-refractivity contribution in [3.05, 3.63) is 118 Å². The van der Waals surface area contributed by atoms with Crippen LogP contribution in [-0.4, -0.2) is 10.7 Å². The van der Waals surface area contributed by atoms with E-state index in [0.29, 0.717) is 35.1 Å². The van der Waals surface area contributed by atoms with Crippen LogP contribution in [0.2, 0.25) is 0 Å². The highest BCUT2D eigenvalue weighted by Crippen LogP contribution is 2.39. The predicted octanol–water partition coefficient (Wildman–Crippen LogP) is 10.3. The van der Waals surface area contributed by atoms with Crippen LogP contribution in [0.5, 0.6) is 0 Å². The maximum Gasteiger partial charge on any atom is 0.126 e. The molecule has 0 unspecified atom stereocenters. The maximum atomic E-state index is 14.5. The number of halogens is 2. The molecule has 39 heavy (non-hydrogen) atoms. The lowest BCUT2D eigenvalue weighted by molar-refractivity contribution is 0.638. The van der Waals surface area contributed by atoms with E-state index in [1.165, 1.54) is 18.9 Å². The number of nitrogens with zero attached hydrogens (tertiary/aromatic N) is 3. The molecule has 0 radical (unpaired) electrons. The molecule has 1 aliphatic heterocycles. The number of aryl methyl sites for hydroxylation is 1. The van der Waals surface area contributed by atoms with Crippen molar-refractivity contribution >= 4 is 23.0 Å². The second kappa shape index (κ2) is 13.7. The Bertz CT molecular complexity index is 1330. The van der Waals surface area contributed by atoms with E-state index in [9.17, 15) is 4.39 Å². The summed E-state index contributed by atoms with van der Waals surface area (Å²) in [7, 11) is 0. The molecule has 0 spiro atoms. The van der Waals surface area contributed by atoms with Crippen molar-refractivity contribution in [3.63, 3.8) is 0 Å². The molecule has 1 aliphatic carbocycles. The summed E-state index contributed by atoms with van der Waals surface area (Å²) in [6.45, 7) is 22.3. The van der Waals surface area contributed by atoms with Gasteiger partial charge in [0.2, 0.25) is 0 Å². The van der Waals surface area contributed by atoms with Crippen LogP contribution in [0.1, 0.15) is 77.5 Å². The Kier molecular flexibility index (Phi) is 10.7. The Labute approximate surface area is 239 Å². The van der Waals surface area contributed by atoms with Crippen LogP contribution in [0.25, 0.3) is 0 Å². The molecule has 2 aliphatic rings. The number of allylic oxidation sites excluding steroid dienone is 12. The number of rotatable bonds is 10. The molecule has 0 atom stereocenters. The summed E-state index contributed by atoms with van der Waals surface area (Å²) in [6.07, 6.45) is 17.1. The van der Waals surface area contributed by atoms with Gasteiger partial charge in [-0.05, 0) is 101 Å². The van der Waals surface area contributed by atoms with Crippen molar-refractivity contribution < 1.29 is 4.39 Å². The van der Waals surface area contributed by atoms with Gasteiger partial charge in [-0.3, -0.25) is 9.98 Å². The van der Waals surface area contributed by atoms with Gasteiger partial charge in [-0.1, -0.05) is 61.9 Å². The summed E-state index contributed by atoms with van der Waals surface area (Å²) in [5.74, 6) is 0.144. The lowest BCUT2D eigenvalue weighted by atomic mass is 9.98. The maximum absolute atomic E-state index is 14.5. The Hall–Kier alpha value is -3.24. The zero-order valence-corrected chi connectivity index (χ0v) is 24.8. The molecule has 1 aromatic heterocycles. The fraction of sp³-hybridized carbons (Fsp3) is 0.353. The molecule has 3 nitrogen and oxygen atoms in total. The van der Waals surface area contributed by atoms with E-state index in [0.717, 1.165) is 58.0 Å². The molecule has 3 rings (SSSR count). The van der Waals surface area contributed by atoms with Crippen molar-refractivity contribution in [1.82, 2.24) is 4.98 Å². The van der Waals surface area contributed by atoms with Crippen molar-refractivity contribution in [1.29, 1.82) is 0 Å². The lowest BCUT2D eigenvalue weighted by Gasteiger charge is -2.33. The van der Waals surface area contributed by atoms with Crippen LogP contribution in [0.15, 0.2) is 112 Å². The van der Waals surface area contributed by atoms with Crippen LogP contribution in [0.3, 0.4) is 0 Å². The van der Waals surface area contributed by atoms with Crippen LogP contribution in [0, 0.1) is 12.8 Å². The average Bonchev–Trinajstić information content (AvgIpc) is 3.46. The van der Waals surface area contributed by atoms with Gasteiger partial charge in [0.05, 0.1) is 27.8 Å². The smallest absolute Gasteiger partial charge is 0.126 e. The first-order chi connectivity index (χ1) is 18.6. The van der Waals surface area contributed by atoms with Gasteiger partial charge in [0.15, 0.2) is 0 Å². The normalized spacial score (nSPS) is 17.9. The zero-order valence-electron chi connectivity index (χ0n) is 24.1.